The van der Waals surface area contributed by atoms with Crippen molar-refractivity contribution in [1.82, 2.24) is 9.55 Å². The van der Waals surface area contributed by atoms with Crippen molar-refractivity contribution < 1.29 is 9.53 Å². The van der Waals surface area contributed by atoms with E-state index in [0.29, 0.717) is 21.8 Å². The number of methoxy groups -OCH3 is 1. The normalized spacial score (nSPS) is 11.1. The van der Waals surface area contributed by atoms with Crippen molar-refractivity contribution in [3.8, 4) is 0 Å². The van der Waals surface area contributed by atoms with Crippen molar-refractivity contribution in [2.45, 2.75) is 23.9 Å². The number of benzene rings is 3. The SMILES string of the molecule is COC(=O)CCn1c(SCc2cccc3ccccc23)nc2ccccc2c1=O. The van der Waals surface area contributed by atoms with Crippen LogP contribution in [0.4, 0.5) is 0 Å². The second kappa shape index (κ2) is 8.49. The van der Waals surface area contributed by atoms with Gasteiger partial charge in [-0.15, -0.1) is 0 Å². The lowest BCUT2D eigenvalue weighted by Gasteiger charge is -2.13. The highest BCUT2D eigenvalue weighted by Crippen LogP contribution is 2.27. The summed E-state index contributed by atoms with van der Waals surface area (Å²) in [6.07, 6.45) is 0.123. The maximum Gasteiger partial charge on any atom is 0.307 e. The van der Waals surface area contributed by atoms with Crippen molar-refractivity contribution in [2.24, 2.45) is 0 Å². The number of nitrogens with zero attached hydrogens (tertiary/aromatic N) is 2. The van der Waals surface area contributed by atoms with Gasteiger partial charge in [-0.25, -0.2) is 4.98 Å². The number of para-hydroxylation sites is 1. The van der Waals surface area contributed by atoms with Crippen molar-refractivity contribution in [3.63, 3.8) is 0 Å². The Morgan fingerprint density at radius 3 is 2.55 bits per heavy atom. The molecule has 0 aliphatic rings. The van der Waals surface area contributed by atoms with Gasteiger partial charge in [0, 0.05) is 12.3 Å². The number of thioether (sulfide) groups is 1. The fourth-order valence-corrected chi connectivity index (χ4v) is 4.35. The molecule has 0 saturated carbocycles. The van der Waals surface area contributed by atoms with E-state index in [2.05, 4.69) is 24.3 Å². The Hall–Kier alpha value is -3.12. The van der Waals surface area contributed by atoms with E-state index in [0.717, 1.165) is 0 Å². The summed E-state index contributed by atoms with van der Waals surface area (Å²) in [5.74, 6) is 0.319. The van der Waals surface area contributed by atoms with Crippen molar-refractivity contribution in [2.75, 3.05) is 7.11 Å². The molecule has 0 N–H and O–H groups in total. The molecule has 0 fully saturated rings. The smallest absolute Gasteiger partial charge is 0.307 e. The predicted molar refractivity (Wildman–Crippen MR) is 116 cm³/mol. The number of esters is 1. The number of carbonyl (C=O) groups excluding carboxylic acids is 1. The van der Waals surface area contributed by atoms with E-state index in [4.69, 9.17) is 9.72 Å². The van der Waals surface area contributed by atoms with Crippen molar-refractivity contribution >= 4 is 39.4 Å². The molecule has 29 heavy (non-hydrogen) atoms. The van der Waals surface area contributed by atoms with Crippen LogP contribution in [0.25, 0.3) is 21.7 Å². The molecule has 0 amide bonds. The number of fused-ring (bicyclic) bond motifs is 2. The average molecular weight is 404 g/mol. The molecular weight excluding hydrogens is 384 g/mol. The zero-order valence-electron chi connectivity index (χ0n) is 16.0. The molecule has 4 rings (SSSR count). The van der Waals surface area contributed by atoms with E-state index < -0.39 is 0 Å². The fraction of sp³-hybridized carbons (Fsp3) is 0.174. The lowest BCUT2D eigenvalue weighted by molar-refractivity contribution is -0.140. The third-order valence-corrected chi connectivity index (χ3v) is 5.86. The van der Waals surface area contributed by atoms with Gasteiger partial charge in [-0.3, -0.25) is 14.2 Å². The van der Waals surface area contributed by atoms with Gasteiger partial charge < -0.3 is 4.74 Å². The summed E-state index contributed by atoms with van der Waals surface area (Å²) in [4.78, 5) is 29.4. The highest BCUT2D eigenvalue weighted by atomic mass is 32.2. The average Bonchev–Trinajstić information content (AvgIpc) is 2.77. The van der Waals surface area contributed by atoms with Crippen molar-refractivity contribution in [1.29, 1.82) is 0 Å². The molecule has 0 bridgehead atoms. The largest absolute Gasteiger partial charge is 0.469 e. The first-order valence-corrected chi connectivity index (χ1v) is 10.3. The third kappa shape index (κ3) is 4.03. The molecule has 0 spiro atoms. The highest BCUT2D eigenvalue weighted by Gasteiger charge is 2.14. The van der Waals surface area contributed by atoms with Crippen LogP contribution in [-0.4, -0.2) is 22.6 Å². The van der Waals surface area contributed by atoms with E-state index in [9.17, 15) is 9.59 Å². The minimum atomic E-state index is -0.352. The van der Waals surface area contributed by atoms with E-state index in [-0.39, 0.29) is 24.5 Å². The summed E-state index contributed by atoms with van der Waals surface area (Å²) in [5, 5.41) is 3.52. The van der Waals surface area contributed by atoms with Crippen LogP contribution < -0.4 is 5.56 Å². The van der Waals surface area contributed by atoms with Crippen LogP contribution in [0, 0.1) is 0 Å². The van der Waals surface area contributed by atoms with Crippen LogP contribution in [-0.2, 0) is 21.8 Å². The number of rotatable bonds is 6. The van der Waals surface area contributed by atoms with E-state index in [1.807, 2.05) is 36.4 Å². The number of ether oxygens (including phenoxy) is 1. The summed E-state index contributed by atoms with van der Waals surface area (Å²) >= 11 is 1.50. The van der Waals surface area contributed by atoms with Gasteiger partial charge in [-0.05, 0) is 28.5 Å². The second-order valence-corrected chi connectivity index (χ2v) is 7.56. The molecule has 4 aromatic rings. The number of aromatic nitrogens is 2. The highest BCUT2D eigenvalue weighted by molar-refractivity contribution is 7.98. The predicted octanol–water partition coefficient (Wildman–Crippen LogP) is 4.41. The Morgan fingerprint density at radius 2 is 1.72 bits per heavy atom. The van der Waals surface area contributed by atoms with Gasteiger partial charge in [0.15, 0.2) is 5.16 Å². The summed E-state index contributed by atoms with van der Waals surface area (Å²) in [7, 11) is 1.35. The first-order valence-electron chi connectivity index (χ1n) is 9.33. The monoisotopic (exact) mass is 404 g/mol. The summed E-state index contributed by atoms with van der Waals surface area (Å²) in [5.41, 5.74) is 1.70. The molecule has 0 aliphatic heterocycles. The second-order valence-electron chi connectivity index (χ2n) is 6.62. The molecule has 0 saturated heterocycles. The third-order valence-electron chi connectivity index (χ3n) is 4.83. The van der Waals surface area contributed by atoms with Gasteiger partial charge >= 0.3 is 5.97 Å². The Kier molecular flexibility index (Phi) is 5.62. The van der Waals surface area contributed by atoms with Crippen LogP contribution in [0.3, 0.4) is 0 Å². The van der Waals surface area contributed by atoms with Gasteiger partial charge in [0.2, 0.25) is 0 Å². The molecule has 146 valence electrons. The summed E-state index contributed by atoms with van der Waals surface area (Å²) in [6.45, 7) is 0.237. The zero-order valence-corrected chi connectivity index (χ0v) is 16.8. The number of carbonyl (C=O) groups is 1. The summed E-state index contributed by atoms with van der Waals surface area (Å²) < 4.78 is 6.31. The van der Waals surface area contributed by atoms with Crippen LogP contribution in [0.5, 0.6) is 0 Å². The maximum atomic E-state index is 13.0. The maximum absolute atomic E-state index is 13.0. The van der Waals surface area contributed by atoms with Crippen LogP contribution in [0.2, 0.25) is 0 Å². The Balaban J connectivity index is 1.71. The fourth-order valence-electron chi connectivity index (χ4n) is 3.32. The quantitative estimate of drug-likeness (QED) is 0.271. The van der Waals surface area contributed by atoms with Gasteiger partial charge in [0.05, 0.1) is 24.4 Å². The van der Waals surface area contributed by atoms with Crippen molar-refractivity contribution in [3.05, 3.63) is 82.6 Å². The summed E-state index contributed by atoms with van der Waals surface area (Å²) in [6, 6.07) is 21.7. The van der Waals surface area contributed by atoms with Gasteiger partial charge in [-0.1, -0.05) is 66.4 Å². The molecular formula is C23H20N2O3S. The first-order chi connectivity index (χ1) is 14.2. The minimum Gasteiger partial charge on any atom is -0.469 e. The topological polar surface area (TPSA) is 61.2 Å². The van der Waals surface area contributed by atoms with Crippen LogP contribution in [0.1, 0.15) is 12.0 Å². The Bertz CT molecular complexity index is 1240. The molecule has 1 aromatic heterocycles. The molecule has 5 nitrogen and oxygen atoms in total. The molecule has 6 heteroatoms. The van der Waals surface area contributed by atoms with Gasteiger partial charge in [0.1, 0.15) is 0 Å². The lowest BCUT2D eigenvalue weighted by Crippen LogP contribution is -2.24. The molecule has 1 heterocycles. The first kappa shape index (κ1) is 19.2. The standard InChI is InChI=1S/C23H20N2O3S/c1-28-21(26)13-14-25-22(27)19-11-4-5-12-20(19)24-23(25)29-15-17-9-6-8-16-7-2-3-10-18(16)17/h2-12H,13-15H2,1H3. The van der Waals surface area contributed by atoms with Crippen LogP contribution in [0.15, 0.2) is 76.7 Å². The lowest BCUT2D eigenvalue weighted by atomic mass is 10.1. The van der Waals surface area contributed by atoms with Gasteiger partial charge in [0.25, 0.3) is 5.56 Å². The van der Waals surface area contributed by atoms with E-state index >= 15 is 0 Å². The number of hydrogen-bond donors (Lipinski definition) is 0. The molecule has 0 unspecified atom stereocenters. The molecule has 0 aliphatic carbocycles. The Labute approximate surface area is 172 Å². The van der Waals surface area contributed by atoms with E-state index in [1.54, 1.807) is 10.6 Å². The Morgan fingerprint density at radius 1 is 1.00 bits per heavy atom. The minimum absolute atomic E-state index is 0.123. The van der Waals surface area contributed by atoms with Crippen LogP contribution >= 0.6 is 11.8 Å². The molecule has 0 radical (unpaired) electrons. The molecule has 3 aromatic carbocycles. The van der Waals surface area contributed by atoms with Gasteiger partial charge in [-0.2, -0.15) is 0 Å². The number of hydrogen-bond acceptors (Lipinski definition) is 5. The zero-order chi connectivity index (χ0) is 20.2. The van der Waals surface area contributed by atoms with E-state index in [1.165, 1.54) is 35.2 Å². The molecule has 0 atom stereocenters.